The zero-order chi connectivity index (χ0) is 18.9. The maximum absolute atomic E-state index is 12.8. The molecule has 0 atom stereocenters. The number of anilines is 1. The Kier molecular flexibility index (Phi) is 5.19. The van der Waals surface area contributed by atoms with Crippen LogP contribution in [0.25, 0.3) is 0 Å². The molecule has 146 valence electrons. The molecule has 0 bridgehead atoms. The molecule has 0 aromatic heterocycles. The van der Waals surface area contributed by atoms with Crippen molar-refractivity contribution in [2.24, 2.45) is 0 Å². The number of hydrogen-bond donors (Lipinski definition) is 1. The lowest BCUT2D eigenvalue weighted by Gasteiger charge is -2.40. The van der Waals surface area contributed by atoms with E-state index < -0.39 is 5.60 Å². The zero-order valence-electron chi connectivity index (χ0n) is 15.9. The van der Waals surface area contributed by atoms with Gasteiger partial charge in [-0.25, -0.2) is 0 Å². The smallest absolute Gasteiger partial charge is 0.254 e. The van der Waals surface area contributed by atoms with Gasteiger partial charge < -0.3 is 14.9 Å². The van der Waals surface area contributed by atoms with Crippen LogP contribution in [0.4, 0.5) is 5.69 Å². The van der Waals surface area contributed by atoms with Crippen molar-refractivity contribution in [1.82, 2.24) is 9.80 Å². The number of amides is 2. The highest BCUT2D eigenvalue weighted by molar-refractivity contribution is 5.96. The summed E-state index contributed by atoms with van der Waals surface area (Å²) in [5, 5.41) is 10.7. The van der Waals surface area contributed by atoms with E-state index in [1.54, 1.807) is 4.90 Å². The quantitative estimate of drug-likeness (QED) is 0.873. The predicted molar refractivity (Wildman–Crippen MR) is 104 cm³/mol. The van der Waals surface area contributed by atoms with Gasteiger partial charge in [0.25, 0.3) is 5.91 Å². The van der Waals surface area contributed by atoms with E-state index in [0.29, 0.717) is 45.6 Å². The van der Waals surface area contributed by atoms with Crippen molar-refractivity contribution >= 4 is 17.5 Å². The highest BCUT2D eigenvalue weighted by Gasteiger charge is 2.40. The van der Waals surface area contributed by atoms with E-state index >= 15 is 0 Å². The third-order valence-corrected chi connectivity index (χ3v) is 6.29. The number of carbonyl (C=O) groups excluding carboxylic acids is 2. The summed E-state index contributed by atoms with van der Waals surface area (Å²) in [5.41, 5.74) is 1.12. The molecule has 2 amide bonds. The molecular weight excluding hydrogens is 342 g/mol. The summed E-state index contributed by atoms with van der Waals surface area (Å²) in [7, 11) is 0. The van der Waals surface area contributed by atoms with Crippen LogP contribution >= 0.6 is 0 Å². The molecule has 2 heterocycles. The molecule has 1 saturated carbocycles. The number of rotatable bonds is 3. The second-order valence-corrected chi connectivity index (χ2v) is 8.08. The van der Waals surface area contributed by atoms with Gasteiger partial charge in [-0.2, -0.15) is 0 Å². The van der Waals surface area contributed by atoms with E-state index in [4.69, 9.17) is 0 Å². The van der Waals surface area contributed by atoms with E-state index in [9.17, 15) is 14.7 Å². The highest BCUT2D eigenvalue weighted by Crippen LogP contribution is 2.30. The van der Waals surface area contributed by atoms with Crippen LogP contribution in [0.15, 0.2) is 24.3 Å². The molecule has 6 nitrogen and oxygen atoms in total. The third kappa shape index (κ3) is 3.73. The lowest BCUT2D eigenvalue weighted by atomic mass is 9.83. The van der Waals surface area contributed by atoms with Crippen LogP contribution in [-0.4, -0.2) is 71.6 Å². The van der Waals surface area contributed by atoms with Crippen molar-refractivity contribution in [3.63, 3.8) is 0 Å². The van der Waals surface area contributed by atoms with Crippen LogP contribution in [0.5, 0.6) is 0 Å². The minimum Gasteiger partial charge on any atom is -0.380 e. The number of fused-ring (bicyclic) bond motifs is 1. The van der Waals surface area contributed by atoms with E-state index in [1.807, 2.05) is 23.1 Å². The van der Waals surface area contributed by atoms with Gasteiger partial charge in [-0.3, -0.25) is 14.5 Å². The largest absolute Gasteiger partial charge is 0.380 e. The molecule has 0 unspecified atom stereocenters. The fourth-order valence-corrected chi connectivity index (χ4v) is 4.63. The molecule has 6 heteroatoms. The Morgan fingerprint density at radius 2 is 1.67 bits per heavy atom. The van der Waals surface area contributed by atoms with Gasteiger partial charge in [-0.05, 0) is 30.9 Å². The van der Waals surface area contributed by atoms with Gasteiger partial charge in [-0.1, -0.05) is 37.5 Å². The molecule has 0 radical (unpaired) electrons. The van der Waals surface area contributed by atoms with Crippen molar-refractivity contribution in [3.05, 3.63) is 29.8 Å². The first-order valence-corrected chi connectivity index (χ1v) is 10.2. The molecular formula is C21H29N3O3. The minimum absolute atomic E-state index is 0.110. The number of aliphatic hydroxyl groups is 1. The van der Waals surface area contributed by atoms with Gasteiger partial charge in [-0.15, -0.1) is 0 Å². The maximum Gasteiger partial charge on any atom is 0.254 e. The lowest BCUT2D eigenvalue weighted by molar-refractivity contribution is -0.156. The molecule has 27 heavy (non-hydrogen) atoms. The number of carbonyl (C=O) groups is 2. The zero-order valence-corrected chi connectivity index (χ0v) is 15.9. The molecule has 2 fully saturated rings. The minimum atomic E-state index is -1.16. The number of nitrogens with zero attached hydrogens (tertiary/aromatic N) is 3. The molecule has 1 aromatic carbocycles. The van der Waals surface area contributed by atoms with Crippen molar-refractivity contribution in [2.75, 3.05) is 44.2 Å². The predicted octanol–water partition coefficient (Wildman–Crippen LogP) is 1.42. The Labute approximate surface area is 160 Å². The van der Waals surface area contributed by atoms with Crippen molar-refractivity contribution in [2.45, 2.75) is 44.1 Å². The molecule has 1 saturated heterocycles. The fourth-order valence-electron chi connectivity index (χ4n) is 4.63. The second-order valence-electron chi connectivity index (χ2n) is 8.08. The van der Waals surface area contributed by atoms with Crippen molar-refractivity contribution < 1.29 is 14.7 Å². The van der Waals surface area contributed by atoms with Crippen LogP contribution in [0, 0.1) is 0 Å². The van der Waals surface area contributed by atoms with Gasteiger partial charge in [0.15, 0.2) is 0 Å². The number of hydrogen-bond acceptors (Lipinski definition) is 4. The van der Waals surface area contributed by atoms with Gasteiger partial charge >= 0.3 is 0 Å². The van der Waals surface area contributed by atoms with E-state index in [0.717, 1.165) is 37.9 Å². The first-order valence-electron chi connectivity index (χ1n) is 10.2. The molecule has 1 aromatic rings. The third-order valence-electron chi connectivity index (χ3n) is 6.29. The molecule has 1 aliphatic carbocycles. The summed E-state index contributed by atoms with van der Waals surface area (Å²) < 4.78 is 0. The van der Waals surface area contributed by atoms with E-state index in [2.05, 4.69) is 11.0 Å². The first kappa shape index (κ1) is 18.4. The van der Waals surface area contributed by atoms with E-state index in [-0.39, 0.29) is 11.8 Å². The van der Waals surface area contributed by atoms with Gasteiger partial charge in [0.1, 0.15) is 5.60 Å². The molecule has 1 N–H and O–H groups in total. The number of benzene rings is 1. The summed E-state index contributed by atoms with van der Waals surface area (Å²) >= 11 is 0. The van der Waals surface area contributed by atoms with Crippen LogP contribution in [0.3, 0.4) is 0 Å². The number of para-hydroxylation sites is 1. The summed E-state index contributed by atoms with van der Waals surface area (Å²) in [6, 6.07) is 8.10. The lowest BCUT2D eigenvalue weighted by Crippen LogP contribution is -2.57. The summed E-state index contributed by atoms with van der Waals surface area (Å²) in [6.07, 6.45) is 5.04. The Morgan fingerprint density at radius 1 is 0.963 bits per heavy atom. The SMILES string of the molecule is O=C(CN1CCN(C(=O)C2(O)CCCCC2)CC1)N1CCc2ccccc21. The summed E-state index contributed by atoms with van der Waals surface area (Å²) in [5.74, 6) is 0.0206. The first-order chi connectivity index (χ1) is 13.1. The van der Waals surface area contributed by atoms with Crippen LogP contribution in [-0.2, 0) is 16.0 Å². The van der Waals surface area contributed by atoms with Gasteiger partial charge in [0.2, 0.25) is 5.91 Å². The summed E-state index contributed by atoms with van der Waals surface area (Å²) in [6.45, 7) is 3.69. The molecule has 2 aliphatic heterocycles. The fraction of sp³-hybridized carbons (Fsp3) is 0.619. The average molecular weight is 371 g/mol. The monoisotopic (exact) mass is 371 g/mol. The van der Waals surface area contributed by atoms with Crippen LogP contribution in [0.2, 0.25) is 0 Å². The highest BCUT2D eigenvalue weighted by atomic mass is 16.3. The standard InChI is InChI=1S/C21H29N3O3/c25-19(24-11-8-17-6-2-3-7-18(17)24)16-22-12-14-23(15-13-22)20(26)21(27)9-4-1-5-10-21/h2-3,6-7,27H,1,4-5,8-16H2. The summed E-state index contributed by atoms with van der Waals surface area (Å²) in [4.78, 5) is 31.3. The Hall–Kier alpha value is -1.92. The Balaban J connectivity index is 1.30. The topological polar surface area (TPSA) is 64.1 Å². The number of piperazine rings is 1. The van der Waals surface area contributed by atoms with Crippen LogP contribution in [0.1, 0.15) is 37.7 Å². The van der Waals surface area contributed by atoms with Crippen molar-refractivity contribution in [1.29, 1.82) is 0 Å². The maximum atomic E-state index is 12.8. The molecule has 4 rings (SSSR count). The average Bonchev–Trinajstić information content (AvgIpc) is 3.13. The van der Waals surface area contributed by atoms with Gasteiger partial charge in [0, 0.05) is 38.4 Å². The second kappa shape index (κ2) is 7.60. The van der Waals surface area contributed by atoms with E-state index in [1.165, 1.54) is 5.56 Å². The normalized spacial score (nSPS) is 22.6. The molecule has 0 spiro atoms. The van der Waals surface area contributed by atoms with Crippen LogP contribution < -0.4 is 4.90 Å². The van der Waals surface area contributed by atoms with Crippen molar-refractivity contribution in [3.8, 4) is 0 Å². The Morgan fingerprint density at radius 3 is 2.41 bits per heavy atom. The van der Waals surface area contributed by atoms with Gasteiger partial charge in [0.05, 0.1) is 6.54 Å². The Bertz CT molecular complexity index is 706. The molecule has 3 aliphatic rings.